The molecule has 0 saturated heterocycles. The zero-order valence-corrected chi connectivity index (χ0v) is 10.1. The van der Waals surface area contributed by atoms with Crippen molar-refractivity contribution in [2.75, 3.05) is 5.73 Å². The maximum atomic E-state index is 13.5. The Hall–Kier alpha value is -2.56. The third-order valence-corrected chi connectivity index (χ3v) is 2.68. The summed E-state index contributed by atoms with van der Waals surface area (Å²) in [5.74, 6) is -0.411. The van der Waals surface area contributed by atoms with Crippen LogP contribution in [-0.4, -0.2) is 5.91 Å². The molecule has 1 amide bonds. The van der Waals surface area contributed by atoms with Gasteiger partial charge in [-0.25, -0.2) is 4.39 Å². The Morgan fingerprint density at radius 3 is 2.42 bits per heavy atom. The van der Waals surface area contributed by atoms with Gasteiger partial charge in [0, 0.05) is 16.8 Å². The van der Waals surface area contributed by atoms with E-state index >= 15 is 0 Å². The smallest absolute Gasteiger partial charge is 0.248 e. The van der Waals surface area contributed by atoms with Crippen LogP contribution >= 0.6 is 0 Å². The van der Waals surface area contributed by atoms with E-state index in [9.17, 15) is 9.18 Å². The number of nitrogens with two attached hydrogens (primary N) is 2. The van der Waals surface area contributed by atoms with Crippen molar-refractivity contribution in [2.24, 2.45) is 5.73 Å². The zero-order valence-electron chi connectivity index (χ0n) is 10.1. The van der Waals surface area contributed by atoms with Crippen molar-refractivity contribution >= 4 is 11.6 Å². The highest BCUT2D eigenvalue weighted by molar-refractivity contribution is 5.92. The van der Waals surface area contributed by atoms with Crippen LogP contribution < -0.4 is 16.2 Å². The summed E-state index contributed by atoms with van der Waals surface area (Å²) >= 11 is 0. The fourth-order valence-corrected chi connectivity index (χ4v) is 1.60. The number of halogens is 1. The lowest BCUT2D eigenvalue weighted by Gasteiger charge is -2.09. The normalized spacial score (nSPS) is 10.2. The average molecular weight is 260 g/mol. The van der Waals surface area contributed by atoms with Gasteiger partial charge in [-0.1, -0.05) is 6.07 Å². The van der Waals surface area contributed by atoms with Crippen LogP contribution in [0.5, 0.6) is 5.75 Å². The van der Waals surface area contributed by atoms with E-state index in [1.165, 1.54) is 12.1 Å². The van der Waals surface area contributed by atoms with Crippen LogP contribution in [0, 0.1) is 5.82 Å². The van der Waals surface area contributed by atoms with Gasteiger partial charge in [-0.2, -0.15) is 0 Å². The molecule has 2 aromatic rings. The first-order valence-electron chi connectivity index (χ1n) is 5.63. The second-order valence-electron chi connectivity index (χ2n) is 3.98. The Bertz CT molecular complexity index is 577. The number of carbonyl (C=O) groups is 1. The number of benzene rings is 2. The summed E-state index contributed by atoms with van der Waals surface area (Å²) < 4.78 is 18.9. The van der Waals surface area contributed by atoms with Crippen molar-refractivity contribution in [3.8, 4) is 5.75 Å². The average Bonchev–Trinajstić information content (AvgIpc) is 2.38. The molecular formula is C14H13FN2O2. The fourth-order valence-electron chi connectivity index (χ4n) is 1.60. The molecule has 0 heterocycles. The fraction of sp³-hybridized carbons (Fsp3) is 0.0714. The van der Waals surface area contributed by atoms with Gasteiger partial charge >= 0.3 is 0 Å². The van der Waals surface area contributed by atoms with Gasteiger partial charge in [0.2, 0.25) is 5.91 Å². The van der Waals surface area contributed by atoms with Crippen LogP contribution in [0.4, 0.5) is 10.1 Å². The van der Waals surface area contributed by atoms with Crippen LogP contribution in [0.3, 0.4) is 0 Å². The summed E-state index contributed by atoms with van der Waals surface area (Å²) in [6.07, 6.45) is 0. The number of nitrogen functional groups attached to an aromatic ring is 1. The maximum absolute atomic E-state index is 13.5. The topological polar surface area (TPSA) is 78.3 Å². The maximum Gasteiger partial charge on any atom is 0.248 e. The molecule has 98 valence electrons. The highest BCUT2D eigenvalue weighted by atomic mass is 19.1. The van der Waals surface area contributed by atoms with E-state index in [4.69, 9.17) is 16.2 Å². The van der Waals surface area contributed by atoms with Crippen LogP contribution in [0.15, 0.2) is 42.5 Å². The van der Waals surface area contributed by atoms with Crippen molar-refractivity contribution in [1.82, 2.24) is 0 Å². The number of hydrogen-bond acceptors (Lipinski definition) is 3. The number of anilines is 1. The summed E-state index contributed by atoms with van der Waals surface area (Å²) in [6, 6.07) is 10.7. The number of primary amides is 1. The quantitative estimate of drug-likeness (QED) is 0.826. The molecular weight excluding hydrogens is 247 g/mol. The Morgan fingerprint density at radius 2 is 1.84 bits per heavy atom. The molecule has 0 bridgehead atoms. The first kappa shape index (κ1) is 12.9. The Morgan fingerprint density at radius 1 is 1.16 bits per heavy atom. The molecule has 5 heteroatoms. The number of hydrogen-bond donors (Lipinski definition) is 2. The summed E-state index contributed by atoms with van der Waals surface area (Å²) in [7, 11) is 0. The molecule has 4 nitrogen and oxygen atoms in total. The van der Waals surface area contributed by atoms with Gasteiger partial charge in [-0.05, 0) is 36.4 Å². The van der Waals surface area contributed by atoms with Crippen molar-refractivity contribution in [1.29, 1.82) is 0 Å². The molecule has 0 unspecified atom stereocenters. The van der Waals surface area contributed by atoms with Gasteiger partial charge in [0.05, 0.1) is 0 Å². The molecule has 2 rings (SSSR count). The molecule has 0 saturated carbocycles. The largest absolute Gasteiger partial charge is 0.489 e. The van der Waals surface area contributed by atoms with E-state index in [2.05, 4.69) is 0 Å². The Labute approximate surface area is 109 Å². The van der Waals surface area contributed by atoms with Gasteiger partial charge in [0.15, 0.2) is 0 Å². The van der Waals surface area contributed by atoms with Gasteiger partial charge in [0.25, 0.3) is 0 Å². The molecule has 0 aliphatic carbocycles. The second kappa shape index (κ2) is 5.39. The highest BCUT2D eigenvalue weighted by Crippen LogP contribution is 2.19. The number of ether oxygens (including phenoxy) is 1. The predicted molar refractivity (Wildman–Crippen MR) is 70.1 cm³/mol. The molecule has 2 aromatic carbocycles. The highest BCUT2D eigenvalue weighted by Gasteiger charge is 2.07. The van der Waals surface area contributed by atoms with E-state index in [-0.39, 0.29) is 6.61 Å². The molecule has 0 aromatic heterocycles. The zero-order chi connectivity index (χ0) is 13.8. The van der Waals surface area contributed by atoms with Gasteiger partial charge in [-0.3, -0.25) is 4.79 Å². The van der Waals surface area contributed by atoms with E-state index in [1.54, 1.807) is 30.3 Å². The van der Waals surface area contributed by atoms with Crippen LogP contribution in [0.25, 0.3) is 0 Å². The molecule has 0 atom stereocenters. The first-order chi connectivity index (χ1) is 9.08. The number of carbonyl (C=O) groups excluding carboxylic acids is 1. The lowest BCUT2D eigenvalue weighted by molar-refractivity contribution is 0.100. The molecule has 0 aliphatic heterocycles. The molecule has 0 spiro atoms. The predicted octanol–water partition coefficient (Wildman–Crippen LogP) is 2.09. The minimum absolute atomic E-state index is 0.0222. The van der Waals surface area contributed by atoms with Crippen LogP contribution in [-0.2, 0) is 6.61 Å². The third-order valence-electron chi connectivity index (χ3n) is 2.68. The Kier molecular flexibility index (Phi) is 3.66. The molecule has 0 fully saturated rings. The minimum Gasteiger partial charge on any atom is -0.489 e. The van der Waals surface area contributed by atoms with E-state index < -0.39 is 11.7 Å². The standard InChI is InChI=1S/C14H13FN2O2/c15-12-2-1-3-13(16)11(12)8-19-10-6-4-9(5-7-10)14(17)18/h1-7H,8,16H2,(H2,17,18). The summed E-state index contributed by atoms with van der Waals surface area (Å²) in [4.78, 5) is 10.9. The van der Waals surface area contributed by atoms with Gasteiger partial charge in [0.1, 0.15) is 18.2 Å². The molecule has 4 N–H and O–H groups in total. The molecule has 19 heavy (non-hydrogen) atoms. The van der Waals surface area contributed by atoms with Crippen LogP contribution in [0.2, 0.25) is 0 Å². The van der Waals surface area contributed by atoms with E-state index in [0.29, 0.717) is 22.6 Å². The molecule has 0 radical (unpaired) electrons. The lowest BCUT2D eigenvalue weighted by atomic mass is 10.2. The summed E-state index contributed by atoms with van der Waals surface area (Å²) in [5, 5.41) is 0. The number of amides is 1. The van der Waals surface area contributed by atoms with Crippen LogP contribution in [0.1, 0.15) is 15.9 Å². The monoisotopic (exact) mass is 260 g/mol. The second-order valence-corrected chi connectivity index (χ2v) is 3.98. The van der Waals surface area contributed by atoms with Crippen molar-refractivity contribution in [3.05, 3.63) is 59.4 Å². The van der Waals surface area contributed by atoms with Crippen molar-refractivity contribution in [2.45, 2.75) is 6.61 Å². The summed E-state index contributed by atoms with van der Waals surface area (Å²) in [5.41, 5.74) is 11.8. The van der Waals surface area contributed by atoms with Crippen molar-refractivity contribution < 1.29 is 13.9 Å². The van der Waals surface area contributed by atoms with Gasteiger partial charge < -0.3 is 16.2 Å². The SMILES string of the molecule is NC(=O)c1ccc(OCc2c(N)cccc2F)cc1. The molecule has 0 aliphatic rings. The van der Waals surface area contributed by atoms with Crippen molar-refractivity contribution in [3.63, 3.8) is 0 Å². The Balaban J connectivity index is 2.08. The third kappa shape index (κ3) is 3.01. The van der Waals surface area contributed by atoms with E-state index in [1.807, 2.05) is 0 Å². The first-order valence-corrected chi connectivity index (χ1v) is 5.63. The minimum atomic E-state index is -0.509. The van der Waals surface area contributed by atoms with E-state index in [0.717, 1.165) is 0 Å². The lowest BCUT2D eigenvalue weighted by Crippen LogP contribution is -2.10. The number of rotatable bonds is 4. The summed E-state index contributed by atoms with van der Waals surface area (Å²) in [6.45, 7) is 0.0222. The van der Waals surface area contributed by atoms with Gasteiger partial charge in [-0.15, -0.1) is 0 Å².